The van der Waals surface area contributed by atoms with E-state index in [1.165, 1.54) is 0 Å². The highest BCUT2D eigenvalue weighted by Gasteiger charge is 2.40. The van der Waals surface area contributed by atoms with Crippen LogP contribution in [0.2, 0.25) is 0 Å². The normalized spacial score (nSPS) is 20.4. The average molecular weight is 425 g/mol. The van der Waals surface area contributed by atoms with Gasteiger partial charge in [-0.05, 0) is 31.0 Å². The molecule has 0 saturated carbocycles. The quantitative estimate of drug-likeness (QED) is 0.457. The summed E-state index contributed by atoms with van der Waals surface area (Å²) >= 11 is 0. The summed E-state index contributed by atoms with van der Waals surface area (Å²) in [5.41, 5.74) is 1.86. The summed E-state index contributed by atoms with van der Waals surface area (Å²) in [5, 5.41) is 6.34. The van der Waals surface area contributed by atoms with E-state index in [9.17, 15) is 4.79 Å². The summed E-state index contributed by atoms with van der Waals surface area (Å²) in [7, 11) is 3.23. The summed E-state index contributed by atoms with van der Waals surface area (Å²) in [5.74, 6) is 1.35. The van der Waals surface area contributed by atoms with Crippen molar-refractivity contribution < 1.29 is 19.0 Å². The molecule has 1 aliphatic heterocycles. The lowest BCUT2D eigenvalue weighted by Crippen LogP contribution is -2.46. The first kappa shape index (κ1) is 21.1. The lowest BCUT2D eigenvalue weighted by Gasteiger charge is -2.37. The number of aromatic nitrogens is 2. The number of amides is 1. The first-order chi connectivity index (χ1) is 15.2. The number of methoxy groups -OCH3 is 2. The number of allylic oxidation sites excluding steroid dienone is 2. The fourth-order valence-electron chi connectivity index (χ4n) is 4.10. The van der Waals surface area contributed by atoms with Gasteiger partial charge >= 0.3 is 0 Å². The van der Waals surface area contributed by atoms with Crippen molar-refractivity contribution in [1.82, 2.24) is 14.6 Å². The zero-order valence-electron chi connectivity index (χ0n) is 17.9. The van der Waals surface area contributed by atoms with E-state index >= 15 is 0 Å². The number of carbonyl (C=O) groups excluding carboxylic acids is 1. The Balaban J connectivity index is 1.49. The molecule has 1 aromatic heterocycles. The van der Waals surface area contributed by atoms with Gasteiger partial charge in [0.15, 0.2) is 11.5 Å². The molecule has 8 heteroatoms. The Morgan fingerprint density at radius 1 is 1.03 bits per heavy atom. The number of fused-ring (bicyclic) bond motifs is 1. The van der Waals surface area contributed by atoms with Gasteiger partial charge in [-0.2, -0.15) is 5.10 Å². The van der Waals surface area contributed by atoms with Crippen LogP contribution in [0.5, 0.6) is 11.5 Å². The topological polar surface area (TPSA) is 78.2 Å². The van der Waals surface area contributed by atoms with Crippen molar-refractivity contribution in [2.45, 2.75) is 19.4 Å². The monoisotopic (exact) mass is 424 g/mol. The van der Waals surface area contributed by atoms with Gasteiger partial charge in [0.25, 0.3) is 0 Å². The molecule has 2 aliphatic rings. The number of imidazole rings is 1. The number of hydrogen-bond donors (Lipinski definition) is 0. The van der Waals surface area contributed by atoms with Crippen molar-refractivity contribution in [1.29, 1.82) is 0 Å². The van der Waals surface area contributed by atoms with E-state index in [1.807, 2.05) is 29.0 Å². The van der Waals surface area contributed by atoms with Crippen LogP contribution >= 0.6 is 0 Å². The molecule has 2 atom stereocenters. The Hall–Kier alpha value is -3.13. The highest BCUT2D eigenvalue weighted by Crippen LogP contribution is 2.36. The van der Waals surface area contributed by atoms with E-state index in [1.54, 1.807) is 31.8 Å². The second-order valence-electron chi connectivity index (χ2n) is 7.59. The zero-order chi connectivity index (χ0) is 21.6. The van der Waals surface area contributed by atoms with Crippen molar-refractivity contribution in [2.24, 2.45) is 16.9 Å². The summed E-state index contributed by atoms with van der Waals surface area (Å²) < 4.78 is 18.5. The standard InChI is InChI=1S/C23H28N4O4/c1-29-20-8-7-17(15-21(20)30-2)22-18-5-3-4-6-19(18)23(28)27(25-22)12-14-31-13-11-26-10-9-24-16-26/h3-4,7-10,15-16,18-19H,5-6,11-14H2,1-2H3/t18-,19+/m1/s1. The van der Waals surface area contributed by atoms with Crippen LogP contribution in [0.1, 0.15) is 18.4 Å². The first-order valence-electron chi connectivity index (χ1n) is 10.5. The molecule has 2 aromatic rings. The molecule has 4 rings (SSSR count). The highest BCUT2D eigenvalue weighted by molar-refractivity contribution is 6.07. The van der Waals surface area contributed by atoms with Gasteiger partial charge in [-0.3, -0.25) is 4.79 Å². The van der Waals surface area contributed by atoms with Crippen molar-refractivity contribution in [3.05, 3.63) is 54.6 Å². The largest absolute Gasteiger partial charge is 0.493 e. The molecule has 0 radical (unpaired) electrons. The SMILES string of the molecule is COc1ccc(C2=NN(CCOCCn3ccnc3)C(=O)[C@H]3CC=CC[C@@H]23)cc1OC. The number of benzene rings is 1. The summed E-state index contributed by atoms with van der Waals surface area (Å²) in [6.07, 6.45) is 11.2. The van der Waals surface area contributed by atoms with Crippen molar-refractivity contribution in [2.75, 3.05) is 34.0 Å². The number of hydrogen-bond acceptors (Lipinski definition) is 6. The Bertz CT molecular complexity index is 954. The van der Waals surface area contributed by atoms with Gasteiger partial charge in [-0.1, -0.05) is 12.2 Å². The maximum absolute atomic E-state index is 13.1. The van der Waals surface area contributed by atoms with E-state index in [0.29, 0.717) is 31.3 Å². The van der Waals surface area contributed by atoms with Crippen LogP contribution in [0.25, 0.3) is 0 Å². The molecule has 31 heavy (non-hydrogen) atoms. The lowest BCUT2D eigenvalue weighted by molar-refractivity contribution is -0.138. The third-order valence-electron chi connectivity index (χ3n) is 5.76. The number of nitrogens with zero attached hydrogens (tertiary/aromatic N) is 4. The molecule has 0 saturated heterocycles. The molecule has 0 bridgehead atoms. The Morgan fingerprint density at radius 2 is 1.81 bits per heavy atom. The predicted molar refractivity (Wildman–Crippen MR) is 116 cm³/mol. The third kappa shape index (κ3) is 4.64. The van der Waals surface area contributed by atoms with Crippen molar-refractivity contribution in [3.8, 4) is 11.5 Å². The minimum absolute atomic E-state index is 0.0639. The molecule has 2 heterocycles. The second-order valence-corrected chi connectivity index (χ2v) is 7.59. The molecule has 0 fully saturated rings. The maximum Gasteiger partial charge on any atom is 0.246 e. The van der Waals surface area contributed by atoms with Gasteiger partial charge in [0.1, 0.15) is 0 Å². The summed E-state index contributed by atoms with van der Waals surface area (Å²) in [6, 6.07) is 5.79. The Morgan fingerprint density at radius 3 is 2.55 bits per heavy atom. The van der Waals surface area contributed by atoms with E-state index in [0.717, 1.165) is 30.7 Å². The van der Waals surface area contributed by atoms with Gasteiger partial charge in [0, 0.05) is 30.4 Å². The van der Waals surface area contributed by atoms with Crippen LogP contribution in [0.4, 0.5) is 0 Å². The molecule has 0 spiro atoms. The maximum atomic E-state index is 13.1. The summed E-state index contributed by atoms with van der Waals surface area (Å²) in [4.78, 5) is 17.1. The second kappa shape index (κ2) is 9.78. The molecule has 164 valence electrons. The molecule has 0 N–H and O–H groups in total. The van der Waals surface area contributed by atoms with Crippen LogP contribution in [-0.2, 0) is 16.1 Å². The van der Waals surface area contributed by atoms with Gasteiger partial charge in [0.2, 0.25) is 5.91 Å². The molecular weight excluding hydrogens is 396 g/mol. The molecule has 8 nitrogen and oxygen atoms in total. The van der Waals surface area contributed by atoms with E-state index < -0.39 is 0 Å². The molecule has 1 amide bonds. The van der Waals surface area contributed by atoms with E-state index in [2.05, 4.69) is 17.1 Å². The lowest BCUT2D eigenvalue weighted by atomic mass is 9.76. The van der Waals surface area contributed by atoms with Crippen LogP contribution in [0, 0.1) is 11.8 Å². The number of ether oxygens (including phenoxy) is 3. The zero-order valence-corrected chi connectivity index (χ0v) is 17.9. The van der Waals surface area contributed by atoms with Crippen molar-refractivity contribution in [3.63, 3.8) is 0 Å². The number of hydrazone groups is 1. The Kier molecular flexibility index (Phi) is 6.66. The van der Waals surface area contributed by atoms with Gasteiger partial charge in [-0.25, -0.2) is 9.99 Å². The van der Waals surface area contributed by atoms with E-state index in [-0.39, 0.29) is 17.7 Å². The minimum atomic E-state index is -0.100. The average Bonchev–Trinajstić information content (AvgIpc) is 3.33. The van der Waals surface area contributed by atoms with E-state index in [4.69, 9.17) is 19.3 Å². The fourth-order valence-corrected chi connectivity index (χ4v) is 4.10. The van der Waals surface area contributed by atoms with Crippen LogP contribution in [-0.4, -0.2) is 60.2 Å². The summed E-state index contributed by atoms with van der Waals surface area (Å²) in [6.45, 7) is 2.13. The predicted octanol–water partition coefficient (Wildman–Crippen LogP) is 2.75. The fraction of sp³-hybridized carbons (Fsp3) is 0.435. The number of carbonyl (C=O) groups is 1. The van der Waals surface area contributed by atoms with Crippen LogP contribution in [0.3, 0.4) is 0 Å². The molecular formula is C23H28N4O4. The van der Waals surface area contributed by atoms with Crippen molar-refractivity contribution >= 4 is 11.6 Å². The van der Waals surface area contributed by atoms with Crippen LogP contribution < -0.4 is 9.47 Å². The smallest absolute Gasteiger partial charge is 0.246 e. The molecule has 1 aromatic carbocycles. The van der Waals surface area contributed by atoms with Gasteiger partial charge in [-0.15, -0.1) is 0 Å². The van der Waals surface area contributed by atoms with Crippen LogP contribution in [0.15, 0.2) is 54.2 Å². The molecule has 1 aliphatic carbocycles. The minimum Gasteiger partial charge on any atom is -0.493 e. The molecule has 0 unspecified atom stereocenters. The highest BCUT2D eigenvalue weighted by atomic mass is 16.5. The van der Waals surface area contributed by atoms with Gasteiger partial charge < -0.3 is 18.8 Å². The Labute approximate surface area is 182 Å². The van der Waals surface area contributed by atoms with Gasteiger partial charge in [0.05, 0.1) is 51.9 Å². The number of rotatable bonds is 9. The first-order valence-corrected chi connectivity index (χ1v) is 10.5. The third-order valence-corrected chi connectivity index (χ3v) is 5.76.